The molecule has 0 aliphatic heterocycles. The second kappa shape index (κ2) is 4.94. The largest absolute Gasteiger partial charge is 0.399 e. The van der Waals surface area contributed by atoms with E-state index in [4.69, 9.17) is 17.3 Å². The number of fused-ring (bicyclic) bond motifs is 1. The van der Waals surface area contributed by atoms with E-state index in [0.29, 0.717) is 17.0 Å². The summed E-state index contributed by atoms with van der Waals surface area (Å²) in [6.07, 6.45) is 1.39. The number of hydrogen-bond donors (Lipinski definition) is 2. The van der Waals surface area contributed by atoms with E-state index in [2.05, 4.69) is 15.3 Å². The van der Waals surface area contributed by atoms with Crippen LogP contribution < -0.4 is 11.1 Å². The van der Waals surface area contributed by atoms with Gasteiger partial charge in [0.05, 0.1) is 16.2 Å². The van der Waals surface area contributed by atoms with Crippen LogP contribution >= 0.6 is 11.6 Å². The quantitative estimate of drug-likeness (QED) is 0.705. The van der Waals surface area contributed by atoms with E-state index >= 15 is 0 Å². The van der Waals surface area contributed by atoms with Crippen molar-refractivity contribution in [3.63, 3.8) is 0 Å². The monoisotopic (exact) mass is 288 g/mol. The number of benzene rings is 2. The maximum absolute atomic E-state index is 13.8. The van der Waals surface area contributed by atoms with Crippen LogP contribution in [-0.4, -0.2) is 9.97 Å². The van der Waals surface area contributed by atoms with Gasteiger partial charge in [0.2, 0.25) is 0 Å². The van der Waals surface area contributed by atoms with Crippen LogP contribution in [0.1, 0.15) is 0 Å². The van der Waals surface area contributed by atoms with Crippen molar-refractivity contribution >= 4 is 39.7 Å². The maximum atomic E-state index is 13.8. The molecule has 0 saturated heterocycles. The summed E-state index contributed by atoms with van der Waals surface area (Å²) in [4.78, 5) is 8.26. The van der Waals surface area contributed by atoms with Gasteiger partial charge in [-0.15, -0.1) is 0 Å². The molecule has 0 amide bonds. The molecule has 6 heteroatoms. The number of nitrogens with one attached hydrogen (secondary N) is 1. The van der Waals surface area contributed by atoms with Crippen LogP contribution in [0, 0.1) is 5.82 Å². The minimum atomic E-state index is -0.445. The molecule has 0 atom stereocenters. The van der Waals surface area contributed by atoms with Crippen LogP contribution in [0.4, 0.5) is 21.6 Å². The van der Waals surface area contributed by atoms with Crippen LogP contribution in [0.2, 0.25) is 5.02 Å². The highest BCUT2D eigenvalue weighted by atomic mass is 35.5. The highest BCUT2D eigenvalue weighted by Gasteiger charge is 2.10. The lowest BCUT2D eigenvalue weighted by Gasteiger charge is -2.10. The SMILES string of the molecule is Nc1ccc2c(Nc3c(F)cccc3Cl)ncnc2c1. The number of nitrogens with zero attached hydrogens (tertiary/aromatic N) is 2. The van der Waals surface area contributed by atoms with Crippen molar-refractivity contribution in [3.8, 4) is 0 Å². The molecule has 1 heterocycles. The summed E-state index contributed by atoms with van der Waals surface area (Å²) in [5.41, 5.74) is 7.18. The summed E-state index contributed by atoms with van der Waals surface area (Å²) >= 11 is 5.99. The molecule has 100 valence electrons. The summed E-state index contributed by atoms with van der Waals surface area (Å²) in [5, 5.41) is 3.93. The van der Waals surface area contributed by atoms with Crippen molar-refractivity contribution < 1.29 is 4.39 Å². The Morgan fingerprint density at radius 1 is 1.15 bits per heavy atom. The van der Waals surface area contributed by atoms with Crippen molar-refractivity contribution in [2.75, 3.05) is 11.1 Å². The molecule has 2 aromatic carbocycles. The Balaban J connectivity index is 2.11. The van der Waals surface area contributed by atoms with Gasteiger partial charge in [0, 0.05) is 11.1 Å². The van der Waals surface area contributed by atoms with Gasteiger partial charge in [0.1, 0.15) is 18.0 Å². The third kappa shape index (κ3) is 2.23. The second-order valence-electron chi connectivity index (χ2n) is 4.22. The molecule has 0 fully saturated rings. The van der Waals surface area contributed by atoms with E-state index in [1.807, 2.05) is 0 Å². The molecular formula is C14H10ClFN4. The van der Waals surface area contributed by atoms with Crippen molar-refractivity contribution in [1.29, 1.82) is 0 Å². The number of halogens is 2. The van der Waals surface area contributed by atoms with Gasteiger partial charge in [-0.05, 0) is 30.3 Å². The third-order valence-electron chi connectivity index (χ3n) is 2.87. The Bertz CT molecular complexity index is 771. The van der Waals surface area contributed by atoms with Gasteiger partial charge in [-0.25, -0.2) is 14.4 Å². The molecule has 3 rings (SSSR count). The molecule has 0 unspecified atom stereocenters. The first-order valence-corrected chi connectivity index (χ1v) is 6.24. The number of rotatable bonds is 2. The zero-order chi connectivity index (χ0) is 14.1. The molecule has 0 aliphatic rings. The zero-order valence-electron chi connectivity index (χ0n) is 10.3. The fourth-order valence-corrected chi connectivity index (χ4v) is 2.12. The Hall–Kier alpha value is -2.40. The van der Waals surface area contributed by atoms with Gasteiger partial charge in [-0.3, -0.25) is 0 Å². The lowest BCUT2D eigenvalue weighted by molar-refractivity contribution is 0.632. The first-order chi connectivity index (χ1) is 9.65. The van der Waals surface area contributed by atoms with Crippen LogP contribution in [0.5, 0.6) is 0 Å². The number of para-hydroxylation sites is 1. The molecule has 0 spiro atoms. The predicted molar refractivity (Wildman–Crippen MR) is 78.6 cm³/mol. The number of aromatic nitrogens is 2. The van der Waals surface area contributed by atoms with Crippen LogP contribution in [0.15, 0.2) is 42.7 Å². The molecule has 0 radical (unpaired) electrons. The smallest absolute Gasteiger partial charge is 0.148 e. The lowest BCUT2D eigenvalue weighted by Crippen LogP contribution is -1.99. The second-order valence-corrected chi connectivity index (χ2v) is 4.63. The summed E-state index contributed by atoms with van der Waals surface area (Å²) < 4.78 is 13.8. The first-order valence-electron chi connectivity index (χ1n) is 5.86. The van der Waals surface area contributed by atoms with E-state index < -0.39 is 5.82 Å². The summed E-state index contributed by atoms with van der Waals surface area (Å²) in [6.45, 7) is 0. The molecule has 0 saturated carbocycles. The van der Waals surface area contributed by atoms with Gasteiger partial charge in [0.15, 0.2) is 0 Å². The molecule has 3 N–H and O–H groups in total. The van der Waals surface area contributed by atoms with E-state index in [1.54, 1.807) is 30.3 Å². The Kier molecular flexibility index (Phi) is 3.12. The minimum Gasteiger partial charge on any atom is -0.399 e. The number of hydrogen-bond acceptors (Lipinski definition) is 4. The minimum absolute atomic E-state index is 0.186. The molecule has 0 aliphatic carbocycles. The van der Waals surface area contributed by atoms with Crippen LogP contribution in [0.3, 0.4) is 0 Å². The van der Waals surface area contributed by atoms with Gasteiger partial charge < -0.3 is 11.1 Å². The number of nitrogens with two attached hydrogens (primary N) is 1. The summed E-state index contributed by atoms with van der Waals surface area (Å²) in [6, 6.07) is 9.72. The van der Waals surface area contributed by atoms with Crippen LogP contribution in [-0.2, 0) is 0 Å². The topological polar surface area (TPSA) is 63.8 Å². The first kappa shape index (κ1) is 12.6. The molecule has 1 aromatic heterocycles. The van der Waals surface area contributed by atoms with Gasteiger partial charge >= 0.3 is 0 Å². The molecule has 20 heavy (non-hydrogen) atoms. The average molecular weight is 289 g/mol. The van der Waals surface area contributed by atoms with Crippen molar-refractivity contribution in [2.45, 2.75) is 0 Å². The zero-order valence-corrected chi connectivity index (χ0v) is 11.0. The highest BCUT2D eigenvalue weighted by molar-refractivity contribution is 6.33. The predicted octanol–water partition coefficient (Wildman–Crippen LogP) is 3.75. The summed E-state index contributed by atoms with van der Waals surface area (Å²) in [5.74, 6) is 0.0294. The fourth-order valence-electron chi connectivity index (χ4n) is 1.91. The standard InChI is InChI=1S/C14H10ClFN4/c15-10-2-1-3-11(16)13(10)20-14-9-5-4-8(17)6-12(9)18-7-19-14/h1-7H,17H2,(H,18,19,20). The number of anilines is 3. The van der Waals surface area contributed by atoms with Gasteiger partial charge in [-0.2, -0.15) is 0 Å². The normalized spacial score (nSPS) is 10.7. The fraction of sp³-hybridized carbons (Fsp3) is 0. The van der Waals surface area contributed by atoms with E-state index in [1.165, 1.54) is 12.4 Å². The molecule has 3 aromatic rings. The highest BCUT2D eigenvalue weighted by Crippen LogP contribution is 2.30. The van der Waals surface area contributed by atoms with Crippen molar-refractivity contribution in [1.82, 2.24) is 9.97 Å². The Labute approximate surface area is 119 Å². The van der Waals surface area contributed by atoms with Gasteiger partial charge in [0.25, 0.3) is 0 Å². The van der Waals surface area contributed by atoms with E-state index in [9.17, 15) is 4.39 Å². The average Bonchev–Trinajstić information content (AvgIpc) is 2.42. The lowest BCUT2D eigenvalue weighted by atomic mass is 10.2. The Morgan fingerprint density at radius 3 is 2.80 bits per heavy atom. The van der Waals surface area contributed by atoms with E-state index in [-0.39, 0.29) is 10.7 Å². The van der Waals surface area contributed by atoms with Crippen molar-refractivity contribution in [2.24, 2.45) is 0 Å². The maximum Gasteiger partial charge on any atom is 0.148 e. The van der Waals surface area contributed by atoms with E-state index in [0.717, 1.165) is 5.39 Å². The number of nitrogen functional groups attached to an aromatic ring is 1. The molecule has 0 bridgehead atoms. The molecular weight excluding hydrogens is 279 g/mol. The van der Waals surface area contributed by atoms with Crippen LogP contribution in [0.25, 0.3) is 10.9 Å². The Morgan fingerprint density at radius 2 is 2.00 bits per heavy atom. The molecule has 4 nitrogen and oxygen atoms in total. The third-order valence-corrected chi connectivity index (χ3v) is 3.18. The summed E-state index contributed by atoms with van der Waals surface area (Å²) in [7, 11) is 0. The van der Waals surface area contributed by atoms with Gasteiger partial charge in [-0.1, -0.05) is 17.7 Å². The van der Waals surface area contributed by atoms with Crippen molar-refractivity contribution in [3.05, 3.63) is 53.6 Å².